The zero-order valence-electron chi connectivity index (χ0n) is 9.43. The molecule has 1 rings (SSSR count). The topological polar surface area (TPSA) is 35.2 Å². The largest absolute Gasteiger partial charge is 0.492 e. The molecule has 0 spiro atoms. The molecule has 0 aliphatic heterocycles. The third kappa shape index (κ3) is 3.65. The van der Waals surface area contributed by atoms with Crippen molar-refractivity contribution in [3.05, 3.63) is 28.5 Å². The molecule has 0 saturated carbocycles. The van der Waals surface area contributed by atoms with Crippen molar-refractivity contribution in [3.8, 4) is 5.75 Å². The standard InChI is InChI=1S/C12H17ClFNO/c1-2-6-16-12-9(4-3-5-15)7-10(14)8-11(12)13/h7-8H,2-6,15H2,1H3. The smallest absolute Gasteiger partial charge is 0.141 e. The Labute approximate surface area is 101 Å². The van der Waals surface area contributed by atoms with E-state index < -0.39 is 0 Å². The van der Waals surface area contributed by atoms with E-state index in [1.165, 1.54) is 12.1 Å². The summed E-state index contributed by atoms with van der Waals surface area (Å²) in [6.45, 7) is 3.17. The molecule has 2 N–H and O–H groups in total. The van der Waals surface area contributed by atoms with Gasteiger partial charge in [0.1, 0.15) is 11.6 Å². The van der Waals surface area contributed by atoms with Crippen LogP contribution in [0.15, 0.2) is 12.1 Å². The van der Waals surface area contributed by atoms with Crippen molar-refractivity contribution < 1.29 is 9.13 Å². The highest BCUT2D eigenvalue weighted by Crippen LogP contribution is 2.31. The van der Waals surface area contributed by atoms with E-state index in [-0.39, 0.29) is 5.82 Å². The fraction of sp³-hybridized carbons (Fsp3) is 0.500. The molecule has 0 saturated heterocycles. The quantitative estimate of drug-likeness (QED) is 0.836. The molecule has 1 aromatic carbocycles. The molecule has 1 aromatic rings. The second-order valence-corrected chi connectivity index (χ2v) is 4.02. The zero-order chi connectivity index (χ0) is 12.0. The van der Waals surface area contributed by atoms with Crippen LogP contribution < -0.4 is 10.5 Å². The van der Waals surface area contributed by atoms with E-state index in [9.17, 15) is 4.39 Å². The zero-order valence-corrected chi connectivity index (χ0v) is 10.2. The monoisotopic (exact) mass is 245 g/mol. The second kappa shape index (κ2) is 6.71. The van der Waals surface area contributed by atoms with Crippen molar-refractivity contribution in [1.29, 1.82) is 0 Å². The van der Waals surface area contributed by atoms with Crippen LogP contribution in [-0.4, -0.2) is 13.2 Å². The first-order chi connectivity index (χ1) is 7.69. The first-order valence-corrected chi connectivity index (χ1v) is 5.87. The lowest BCUT2D eigenvalue weighted by atomic mass is 10.1. The Morgan fingerprint density at radius 3 is 2.81 bits per heavy atom. The van der Waals surface area contributed by atoms with E-state index in [0.717, 1.165) is 18.4 Å². The summed E-state index contributed by atoms with van der Waals surface area (Å²) in [5.41, 5.74) is 6.23. The fourth-order valence-corrected chi connectivity index (χ4v) is 1.74. The van der Waals surface area contributed by atoms with Crippen molar-refractivity contribution in [1.82, 2.24) is 0 Å². The molecule has 0 unspecified atom stereocenters. The number of nitrogens with two attached hydrogens (primary N) is 1. The van der Waals surface area contributed by atoms with Gasteiger partial charge in [-0.25, -0.2) is 4.39 Å². The van der Waals surface area contributed by atoms with Crippen LogP contribution in [0.5, 0.6) is 5.75 Å². The summed E-state index contributed by atoms with van der Waals surface area (Å²) in [4.78, 5) is 0. The van der Waals surface area contributed by atoms with Crippen LogP contribution in [0, 0.1) is 5.82 Å². The van der Waals surface area contributed by atoms with Crippen molar-refractivity contribution in [2.45, 2.75) is 26.2 Å². The van der Waals surface area contributed by atoms with Gasteiger partial charge in [0.15, 0.2) is 0 Å². The van der Waals surface area contributed by atoms with Crippen molar-refractivity contribution >= 4 is 11.6 Å². The lowest BCUT2D eigenvalue weighted by Gasteiger charge is -2.12. The van der Waals surface area contributed by atoms with Gasteiger partial charge in [0.25, 0.3) is 0 Å². The van der Waals surface area contributed by atoms with Crippen molar-refractivity contribution in [3.63, 3.8) is 0 Å². The molecule has 90 valence electrons. The molecule has 0 fully saturated rings. The third-order valence-corrected chi connectivity index (χ3v) is 2.47. The summed E-state index contributed by atoms with van der Waals surface area (Å²) in [5, 5.41) is 0.334. The first kappa shape index (κ1) is 13.3. The summed E-state index contributed by atoms with van der Waals surface area (Å²) in [6.07, 6.45) is 2.37. The van der Waals surface area contributed by atoms with Gasteiger partial charge in [-0.3, -0.25) is 0 Å². The molecule has 16 heavy (non-hydrogen) atoms. The van der Waals surface area contributed by atoms with Crippen LogP contribution in [0.2, 0.25) is 5.02 Å². The Bertz CT molecular complexity index is 344. The highest BCUT2D eigenvalue weighted by molar-refractivity contribution is 6.32. The number of hydrogen-bond donors (Lipinski definition) is 1. The summed E-state index contributed by atoms with van der Waals surface area (Å²) < 4.78 is 18.7. The summed E-state index contributed by atoms with van der Waals surface area (Å²) >= 11 is 5.95. The van der Waals surface area contributed by atoms with Crippen LogP contribution in [0.4, 0.5) is 4.39 Å². The van der Waals surface area contributed by atoms with E-state index in [1.54, 1.807) is 0 Å². The molecule has 4 heteroatoms. The predicted molar refractivity (Wildman–Crippen MR) is 64.6 cm³/mol. The van der Waals surface area contributed by atoms with E-state index in [2.05, 4.69) is 0 Å². The summed E-state index contributed by atoms with van der Waals surface area (Å²) in [5.74, 6) is 0.263. The molecule has 0 aromatic heterocycles. The second-order valence-electron chi connectivity index (χ2n) is 3.62. The van der Waals surface area contributed by atoms with Crippen molar-refractivity contribution in [2.24, 2.45) is 5.73 Å². The fourth-order valence-electron chi connectivity index (χ4n) is 1.46. The Kier molecular flexibility index (Phi) is 5.56. The van der Waals surface area contributed by atoms with Crippen LogP contribution in [0.1, 0.15) is 25.3 Å². The lowest BCUT2D eigenvalue weighted by molar-refractivity contribution is 0.313. The molecule has 0 radical (unpaired) electrons. The highest BCUT2D eigenvalue weighted by atomic mass is 35.5. The molecular formula is C12H17ClFNO. The summed E-state index contributed by atoms with van der Waals surface area (Å²) in [6, 6.07) is 2.74. The maximum Gasteiger partial charge on any atom is 0.141 e. The molecule has 0 atom stereocenters. The number of rotatable bonds is 6. The molecular weight excluding hydrogens is 229 g/mol. The number of hydrogen-bond acceptors (Lipinski definition) is 2. The Hall–Kier alpha value is -0.800. The number of ether oxygens (including phenoxy) is 1. The molecule has 0 bridgehead atoms. The minimum Gasteiger partial charge on any atom is -0.492 e. The third-order valence-electron chi connectivity index (χ3n) is 2.19. The average molecular weight is 246 g/mol. The summed E-state index contributed by atoms with van der Waals surface area (Å²) in [7, 11) is 0. The number of halogens is 2. The molecule has 0 heterocycles. The van der Waals surface area contributed by atoms with Gasteiger partial charge in [-0.2, -0.15) is 0 Å². The SMILES string of the molecule is CCCOc1c(Cl)cc(F)cc1CCCN. The first-order valence-electron chi connectivity index (χ1n) is 5.49. The molecule has 0 amide bonds. The van der Waals surface area contributed by atoms with E-state index in [4.69, 9.17) is 22.1 Å². The van der Waals surface area contributed by atoms with E-state index in [0.29, 0.717) is 30.3 Å². The molecule has 2 nitrogen and oxygen atoms in total. The van der Waals surface area contributed by atoms with Crippen LogP contribution in [0.3, 0.4) is 0 Å². The average Bonchev–Trinajstić information content (AvgIpc) is 2.24. The molecule has 0 aliphatic carbocycles. The van der Waals surface area contributed by atoms with Crippen LogP contribution >= 0.6 is 11.6 Å². The Balaban J connectivity index is 2.91. The maximum absolute atomic E-state index is 13.2. The van der Waals surface area contributed by atoms with Gasteiger partial charge in [-0.15, -0.1) is 0 Å². The van der Waals surface area contributed by atoms with Gasteiger partial charge in [0.2, 0.25) is 0 Å². The van der Waals surface area contributed by atoms with Gasteiger partial charge < -0.3 is 10.5 Å². The maximum atomic E-state index is 13.2. The van der Waals surface area contributed by atoms with Crippen molar-refractivity contribution in [2.75, 3.05) is 13.2 Å². The van der Waals surface area contributed by atoms with Gasteiger partial charge in [0, 0.05) is 0 Å². The van der Waals surface area contributed by atoms with Gasteiger partial charge in [-0.1, -0.05) is 18.5 Å². The van der Waals surface area contributed by atoms with Gasteiger partial charge in [0.05, 0.1) is 11.6 Å². The minimum atomic E-state index is -0.333. The lowest BCUT2D eigenvalue weighted by Crippen LogP contribution is -2.04. The Morgan fingerprint density at radius 2 is 2.19 bits per heavy atom. The predicted octanol–water partition coefficient (Wildman–Crippen LogP) is 3.16. The minimum absolute atomic E-state index is 0.333. The number of benzene rings is 1. The number of aryl methyl sites for hydroxylation is 1. The van der Waals surface area contributed by atoms with Gasteiger partial charge in [-0.05, 0) is 43.5 Å². The van der Waals surface area contributed by atoms with Crippen LogP contribution in [-0.2, 0) is 6.42 Å². The molecule has 0 aliphatic rings. The normalized spacial score (nSPS) is 10.5. The van der Waals surface area contributed by atoms with E-state index >= 15 is 0 Å². The highest BCUT2D eigenvalue weighted by Gasteiger charge is 2.10. The van der Waals surface area contributed by atoms with Gasteiger partial charge >= 0.3 is 0 Å². The van der Waals surface area contributed by atoms with Crippen LogP contribution in [0.25, 0.3) is 0 Å². The van der Waals surface area contributed by atoms with E-state index in [1.807, 2.05) is 6.92 Å². The Morgan fingerprint density at radius 1 is 1.44 bits per heavy atom.